The standard InChI is InChI=1S/C11H14INO2/c12-10-3-1-9(2-4-10)11(14)13-5-7-15-8-6-13/h1-4,11,14H,5-8H2. The summed E-state index contributed by atoms with van der Waals surface area (Å²) in [6.07, 6.45) is -0.495. The van der Waals surface area contributed by atoms with Gasteiger partial charge in [-0.2, -0.15) is 0 Å². The van der Waals surface area contributed by atoms with Crippen LogP contribution in [0.4, 0.5) is 0 Å². The minimum absolute atomic E-state index is 0.495. The fraction of sp³-hybridized carbons (Fsp3) is 0.455. The maximum atomic E-state index is 10.1. The molecule has 1 unspecified atom stereocenters. The van der Waals surface area contributed by atoms with Gasteiger partial charge in [-0.05, 0) is 40.3 Å². The van der Waals surface area contributed by atoms with Gasteiger partial charge in [0.05, 0.1) is 13.2 Å². The van der Waals surface area contributed by atoms with Crippen LogP contribution in [0, 0.1) is 3.57 Å². The van der Waals surface area contributed by atoms with E-state index in [2.05, 4.69) is 22.6 Å². The van der Waals surface area contributed by atoms with E-state index in [1.165, 1.54) is 3.57 Å². The molecule has 1 saturated heterocycles. The van der Waals surface area contributed by atoms with Crippen molar-refractivity contribution in [2.75, 3.05) is 26.3 Å². The third-order valence-corrected chi connectivity index (χ3v) is 3.28. The summed E-state index contributed by atoms with van der Waals surface area (Å²) in [6.45, 7) is 3.02. The number of nitrogens with zero attached hydrogens (tertiary/aromatic N) is 1. The first kappa shape index (κ1) is 11.3. The second kappa shape index (κ2) is 5.25. The van der Waals surface area contributed by atoms with E-state index in [1.54, 1.807) is 0 Å². The zero-order valence-corrected chi connectivity index (χ0v) is 10.6. The van der Waals surface area contributed by atoms with Crippen LogP contribution >= 0.6 is 22.6 Å². The van der Waals surface area contributed by atoms with Crippen LogP contribution < -0.4 is 0 Å². The lowest BCUT2D eigenvalue weighted by atomic mass is 10.2. The van der Waals surface area contributed by atoms with Gasteiger partial charge in [0.25, 0.3) is 0 Å². The quantitative estimate of drug-likeness (QED) is 0.841. The fourth-order valence-corrected chi connectivity index (χ4v) is 2.03. The molecule has 1 aliphatic heterocycles. The van der Waals surface area contributed by atoms with Crippen LogP contribution in [0.2, 0.25) is 0 Å². The first-order valence-electron chi connectivity index (χ1n) is 5.03. The molecule has 4 heteroatoms. The molecule has 3 nitrogen and oxygen atoms in total. The average Bonchev–Trinajstić information content (AvgIpc) is 2.30. The van der Waals surface area contributed by atoms with E-state index >= 15 is 0 Å². The minimum Gasteiger partial charge on any atom is -0.379 e. The van der Waals surface area contributed by atoms with Crippen LogP contribution in [-0.2, 0) is 4.74 Å². The van der Waals surface area contributed by atoms with E-state index in [-0.39, 0.29) is 0 Å². The van der Waals surface area contributed by atoms with Gasteiger partial charge in [0.15, 0.2) is 0 Å². The number of morpholine rings is 1. The lowest BCUT2D eigenvalue weighted by Gasteiger charge is -2.31. The van der Waals surface area contributed by atoms with E-state index in [9.17, 15) is 5.11 Å². The number of aliphatic hydroxyl groups excluding tert-OH is 1. The Balaban J connectivity index is 2.05. The SMILES string of the molecule is OC(c1ccc(I)cc1)N1CCOCC1. The molecule has 0 saturated carbocycles. The Hall–Kier alpha value is -0.170. The fourth-order valence-electron chi connectivity index (χ4n) is 1.67. The largest absolute Gasteiger partial charge is 0.379 e. The highest BCUT2D eigenvalue weighted by atomic mass is 127. The molecule has 1 N–H and O–H groups in total. The van der Waals surface area contributed by atoms with Crippen molar-refractivity contribution in [1.82, 2.24) is 4.90 Å². The molecule has 0 amide bonds. The van der Waals surface area contributed by atoms with Crippen LogP contribution in [0.5, 0.6) is 0 Å². The third-order valence-electron chi connectivity index (χ3n) is 2.56. The minimum atomic E-state index is -0.495. The smallest absolute Gasteiger partial charge is 0.133 e. The van der Waals surface area contributed by atoms with Gasteiger partial charge in [0, 0.05) is 16.7 Å². The zero-order chi connectivity index (χ0) is 10.7. The summed E-state index contributed by atoms with van der Waals surface area (Å²) in [5, 5.41) is 10.1. The van der Waals surface area contributed by atoms with Crippen molar-refractivity contribution < 1.29 is 9.84 Å². The number of ether oxygens (including phenoxy) is 1. The Labute approximate surface area is 103 Å². The summed E-state index contributed by atoms with van der Waals surface area (Å²) in [5.41, 5.74) is 0.956. The molecule has 0 bridgehead atoms. The maximum Gasteiger partial charge on any atom is 0.133 e. The molecule has 1 aromatic rings. The van der Waals surface area contributed by atoms with E-state index in [1.807, 2.05) is 29.2 Å². The Morgan fingerprint density at radius 1 is 1.20 bits per heavy atom. The lowest BCUT2D eigenvalue weighted by molar-refractivity contribution is -0.0603. The number of hydrogen-bond donors (Lipinski definition) is 1. The first-order chi connectivity index (χ1) is 7.27. The molecular formula is C11H14INO2. The average molecular weight is 319 g/mol. The summed E-state index contributed by atoms with van der Waals surface area (Å²) in [7, 11) is 0. The maximum absolute atomic E-state index is 10.1. The van der Waals surface area contributed by atoms with Gasteiger partial charge in [0.1, 0.15) is 6.23 Å². The van der Waals surface area contributed by atoms with Crippen molar-refractivity contribution >= 4 is 22.6 Å². The van der Waals surface area contributed by atoms with Crippen molar-refractivity contribution in [1.29, 1.82) is 0 Å². The summed E-state index contributed by atoms with van der Waals surface area (Å²) in [4.78, 5) is 2.03. The van der Waals surface area contributed by atoms with E-state index in [4.69, 9.17) is 4.74 Å². The Morgan fingerprint density at radius 3 is 2.40 bits per heavy atom. The van der Waals surface area contributed by atoms with Crippen LogP contribution in [-0.4, -0.2) is 36.3 Å². The highest BCUT2D eigenvalue weighted by Crippen LogP contribution is 2.19. The Morgan fingerprint density at radius 2 is 1.80 bits per heavy atom. The van der Waals surface area contributed by atoms with E-state index in [0.29, 0.717) is 13.2 Å². The van der Waals surface area contributed by atoms with E-state index < -0.39 is 6.23 Å². The molecule has 82 valence electrons. The number of rotatable bonds is 2. The van der Waals surface area contributed by atoms with Crippen molar-refractivity contribution in [3.63, 3.8) is 0 Å². The molecule has 1 aromatic carbocycles. The predicted molar refractivity (Wildman–Crippen MR) is 66.5 cm³/mol. The normalized spacial score (nSPS) is 20.1. The molecule has 2 rings (SSSR count). The summed E-state index contributed by atoms with van der Waals surface area (Å²) in [6, 6.07) is 7.98. The Kier molecular flexibility index (Phi) is 3.96. The molecule has 0 radical (unpaired) electrons. The second-order valence-electron chi connectivity index (χ2n) is 3.57. The molecule has 1 aliphatic rings. The summed E-state index contributed by atoms with van der Waals surface area (Å²) >= 11 is 2.26. The van der Waals surface area contributed by atoms with E-state index in [0.717, 1.165) is 18.7 Å². The molecule has 0 aromatic heterocycles. The molecule has 1 atom stereocenters. The van der Waals surface area contributed by atoms with Crippen molar-refractivity contribution in [3.8, 4) is 0 Å². The highest BCUT2D eigenvalue weighted by Gasteiger charge is 2.19. The van der Waals surface area contributed by atoms with Crippen molar-refractivity contribution in [2.24, 2.45) is 0 Å². The number of aliphatic hydroxyl groups is 1. The zero-order valence-electron chi connectivity index (χ0n) is 8.40. The molecule has 1 heterocycles. The highest BCUT2D eigenvalue weighted by molar-refractivity contribution is 14.1. The molecule has 1 fully saturated rings. The third kappa shape index (κ3) is 2.90. The number of halogens is 1. The van der Waals surface area contributed by atoms with Crippen LogP contribution in [0.15, 0.2) is 24.3 Å². The van der Waals surface area contributed by atoms with Gasteiger partial charge in [0.2, 0.25) is 0 Å². The van der Waals surface area contributed by atoms with Gasteiger partial charge in [-0.1, -0.05) is 12.1 Å². The molecule has 0 spiro atoms. The van der Waals surface area contributed by atoms with Crippen LogP contribution in [0.1, 0.15) is 11.8 Å². The topological polar surface area (TPSA) is 32.7 Å². The monoisotopic (exact) mass is 319 g/mol. The summed E-state index contributed by atoms with van der Waals surface area (Å²) in [5.74, 6) is 0. The molecule has 0 aliphatic carbocycles. The van der Waals surface area contributed by atoms with Gasteiger partial charge in [-0.25, -0.2) is 0 Å². The number of benzene rings is 1. The van der Waals surface area contributed by atoms with Crippen LogP contribution in [0.25, 0.3) is 0 Å². The Bertz CT molecular complexity index is 309. The van der Waals surface area contributed by atoms with Gasteiger partial charge in [-0.15, -0.1) is 0 Å². The van der Waals surface area contributed by atoms with Gasteiger partial charge >= 0.3 is 0 Å². The lowest BCUT2D eigenvalue weighted by Crippen LogP contribution is -2.38. The van der Waals surface area contributed by atoms with Gasteiger partial charge < -0.3 is 9.84 Å². The number of hydrogen-bond acceptors (Lipinski definition) is 3. The molecular weight excluding hydrogens is 305 g/mol. The van der Waals surface area contributed by atoms with Crippen molar-refractivity contribution in [3.05, 3.63) is 33.4 Å². The van der Waals surface area contributed by atoms with Crippen LogP contribution in [0.3, 0.4) is 0 Å². The second-order valence-corrected chi connectivity index (χ2v) is 4.82. The first-order valence-corrected chi connectivity index (χ1v) is 6.10. The van der Waals surface area contributed by atoms with Gasteiger partial charge in [-0.3, -0.25) is 4.90 Å². The summed E-state index contributed by atoms with van der Waals surface area (Å²) < 4.78 is 6.44. The molecule has 15 heavy (non-hydrogen) atoms. The van der Waals surface area contributed by atoms with Crippen molar-refractivity contribution in [2.45, 2.75) is 6.23 Å². The predicted octanol–water partition coefficient (Wildman–Crippen LogP) is 1.61.